The number of amides is 1. The van der Waals surface area contributed by atoms with Crippen LogP contribution in [0.4, 0.5) is 0 Å². The molecule has 0 saturated carbocycles. The van der Waals surface area contributed by atoms with E-state index in [1.165, 1.54) is 20.3 Å². The second kappa shape index (κ2) is 9.75. The number of halogens is 1. The van der Waals surface area contributed by atoms with Crippen molar-refractivity contribution in [3.8, 4) is 28.6 Å². The van der Waals surface area contributed by atoms with E-state index in [-0.39, 0.29) is 29.4 Å². The first-order chi connectivity index (χ1) is 14.9. The third-order valence-electron chi connectivity index (χ3n) is 4.91. The largest absolute Gasteiger partial charge is 0.493 e. The SMILES string of the molecule is CCN(CC)C(=O)COc1c(-c2ccc(OC)c(OC)c2)oc2ccc(Cl)cc2c1=O. The molecule has 0 saturated heterocycles. The van der Waals surface area contributed by atoms with Gasteiger partial charge in [-0.2, -0.15) is 0 Å². The maximum Gasteiger partial charge on any atom is 0.260 e. The first-order valence-corrected chi connectivity index (χ1v) is 10.2. The summed E-state index contributed by atoms with van der Waals surface area (Å²) >= 11 is 6.07. The number of fused-ring (bicyclic) bond motifs is 1. The zero-order valence-corrected chi connectivity index (χ0v) is 18.6. The van der Waals surface area contributed by atoms with Gasteiger partial charge >= 0.3 is 0 Å². The smallest absolute Gasteiger partial charge is 0.260 e. The van der Waals surface area contributed by atoms with Crippen molar-refractivity contribution in [1.82, 2.24) is 4.90 Å². The lowest BCUT2D eigenvalue weighted by Gasteiger charge is -2.19. The van der Waals surface area contributed by atoms with Gasteiger partial charge in [-0.15, -0.1) is 0 Å². The summed E-state index contributed by atoms with van der Waals surface area (Å²) in [6.07, 6.45) is 0. The van der Waals surface area contributed by atoms with Crippen LogP contribution in [0.5, 0.6) is 17.2 Å². The lowest BCUT2D eigenvalue weighted by molar-refractivity contribution is -0.132. The number of benzene rings is 2. The number of rotatable bonds is 8. The predicted octanol–water partition coefficient (Wildman–Crippen LogP) is 4.38. The topological polar surface area (TPSA) is 78.2 Å². The summed E-state index contributed by atoms with van der Waals surface area (Å²) in [6.45, 7) is 4.55. The van der Waals surface area contributed by atoms with Gasteiger partial charge in [0.15, 0.2) is 23.9 Å². The third-order valence-corrected chi connectivity index (χ3v) is 5.15. The highest BCUT2D eigenvalue weighted by atomic mass is 35.5. The van der Waals surface area contributed by atoms with Gasteiger partial charge in [-0.25, -0.2) is 0 Å². The Morgan fingerprint density at radius 3 is 2.39 bits per heavy atom. The molecule has 0 fully saturated rings. The summed E-state index contributed by atoms with van der Waals surface area (Å²) in [5, 5.41) is 0.658. The van der Waals surface area contributed by atoms with Gasteiger partial charge in [0.1, 0.15) is 5.58 Å². The van der Waals surface area contributed by atoms with Crippen LogP contribution in [-0.2, 0) is 4.79 Å². The molecule has 3 rings (SSSR count). The Kier molecular flexibility index (Phi) is 7.07. The standard InChI is InChI=1S/C23H24ClNO6/c1-5-25(6-2)20(26)13-30-23-21(27)16-12-15(24)8-10-17(16)31-22(23)14-7-9-18(28-3)19(11-14)29-4/h7-12H,5-6,13H2,1-4H3. The predicted molar refractivity (Wildman–Crippen MR) is 119 cm³/mol. The molecule has 0 spiro atoms. The lowest BCUT2D eigenvalue weighted by atomic mass is 10.1. The number of carbonyl (C=O) groups excluding carboxylic acids is 1. The first-order valence-electron chi connectivity index (χ1n) is 9.82. The number of hydrogen-bond acceptors (Lipinski definition) is 6. The van der Waals surface area contributed by atoms with Crippen LogP contribution in [0.3, 0.4) is 0 Å². The zero-order valence-electron chi connectivity index (χ0n) is 17.9. The first kappa shape index (κ1) is 22.5. The van der Waals surface area contributed by atoms with Gasteiger partial charge < -0.3 is 23.5 Å². The molecule has 31 heavy (non-hydrogen) atoms. The van der Waals surface area contributed by atoms with Crippen molar-refractivity contribution in [3.63, 3.8) is 0 Å². The number of ether oxygens (including phenoxy) is 3. The van der Waals surface area contributed by atoms with Crippen molar-refractivity contribution < 1.29 is 23.4 Å². The van der Waals surface area contributed by atoms with E-state index in [1.807, 2.05) is 13.8 Å². The van der Waals surface area contributed by atoms with Gasteiger partial charge in [0, 0.05) is 23.7 Å². The molecule has 1 aromatic heterocycles. The van der Waals surface area contributed by atoms with Crippen molar-refractivity contribution in [1.29, 1.82) is 0 Å². The molecule has 164 valence electrons. The molecule has 0 unspecified atom stereocenters. The van der Waals surface area contributed by atoms with E-state index >= 15 is 0 Å². The van der Waals surface area contributed by atoms with Crippen LogP contribution in [0.1, 0.15) is 13.8 Å². The third kappa shape index (κ3) is 4.61. The minimum Gasteiger partial charge on any atom is -0.493 e. The molecule has 1 heterocycles. The molecule has 1 amide bonds. The molecule has 3 aromatic rings. The fraction of sp³-hybridized carbons (Fsp3) is 0.304. The van der Waals surface area contributed by atoms with Gasteiger partial charge in [-0.05, 0) is 50.2 Å². The number of carbonyl (C=O) groups is 1. The van der Waals surface area contributed by atoms with E-state index in [4.69, 9.17) is 30.2 Å². The van der Waals surface area contributed by atoms with Crippen LogP contribution in [-0.4, -0.2) is 44.7 Å². The molecule has 0 radical (unpaired) electrons. The Hall–Kier alpha value is -3.19. The highest BCUT2D eigenvalue weighted by molar-refractivity contribution is 6.31. The minimum atomic E-state index is -0.416. The molecule has 0 aliphatic carbocycles. The lowest BCUT2D eigenvalue weighted by Crippen LogP contribution is -2.35. The van der Waals surface area contributed by atoms with E-state index < -0.39 is 5.43 Å². The summed E-state index contributed by atoms with van der Waals surface area (Å²) in [5.74, 6) is 0.883. The fourth-order valence-electron chi connectivity index (χ4n) is 3.25. The van der Waals surface area contributed by atoms with E-state index in [1.54, 1.807) is 35.2 Å². The van der Waals surface area contributed by atoms with Gasteiger partial charge in [0.05, 0.1) is 19.6 Å². The Labute approximate surface area is 185 Å². The second-order valence-electron chi connectivity index (χ2n) is 6.65. The van der Waals surface area contributed by atoms with Crippen molar-refractivity contribution in [2.24, 2.45) is 0 Å². The van der Waals surface area contributed by atoms with Crippen LogP contribution in [0.15, 0.2) is 45.6 Å². The molecule has 7 nitrogen and oxygen atoms in total. The minimum absolute atomic E-state index is 0.0671. The van der Waals surface area contributed by atoms with Crippen LogP contribution in [0.2, 0.25) is 5.02 Å². The maximum atomic E-state index is 13.2. The molecule has 0 bridgehead atoms. The molecule has 0 aliphatic rings. The second-order valence-corrected chi connectivity index (χ2v) is 7.09. The number of methoxy groups -OCH3 is 2. The van der Waals surface area contributed by atoms with Crippen LogP contribution < -0.4 is 19.6 Å². The molecule has 2 aromatic carbocycles. The number of nitrogens with zero attached hydrogens (tertiary/aromatic N) is 1. The summed E-state index contributed by atoms with van der Waals surface area (Å²) in [5.41, 5.74) is 0.472. The van der Waals surface area contributed by atoms with Gasteiger partial charge in [0.2, 0.25) is 11.2 Å². The van der Waals surface area contributed by atoms with Crippen LogP contribution in [0, 0.1) is 0 Å². The van der Waals surface area contributed by atoms with Crippen LogP contribution in [0.25, 0.3) is 22.3 Å². The monoisotopic (exact) mass is 445 g/mol. The van der Waals surface area contributed by atoms with Crippen LogP contribution >= 0.6 is 11.6 Å². The van der Waals surface area contributed by atoms with Crippen molar-refractivity contribution in [2.75, 3.05) is 33.9 Å². The van der Waals surface area contributed by atoms with E-state index in [0.717, 1.165) is 0 Å². The van der Waals surface area contributed by atoms with Crippen molar-refractivity contribution >= 4 is 28.5 Å². The Morgan fingerprint density at radius 1 is 1.03 bits per heavy atom. The summed E-state index contributed by atoms with van der Waals surface area (Å²) in [6, 6.07) is 9.87. The quantitative estimate of drug-likeness (QED) is 0.512. The molecule has 8 heteroatoms. The summed E-state index contributed by atoms with van der Waals surface area (Å²) in [4.78, 5) is 27.3. The molecule has 0 aliphatic heterocycles. The Balaban J connectivity index is 2.15. The zero-order chi connectivity index (χ0) is 22.5. The van der Waals surface area contributed by atoms with Gasteiger partial charge in [-0.1, -0.05) is 11.6 Å². The average Bonchev–Trinajstić information content (AvgIpc) is 2.79. The summed E-state index contributed by atoms with van der Waals surface area (Å²) < 4.78 is 22.4. The average molecular weight is 446 g/mol. The number of hydrogen-bond donors (Lipinski definition) is 0. The highest BCUT2D eigenvalue weighted by Gasteiger charge is 2.21. The number of likely N-dealkylation sites (N-methyl/N-ethyl adjacent to an activating group) is 1. The molecule has 0 N–H and O–H groups in total. The summed E-state index contributed by atoms with van der Waals surface area (Å²) in [7, 11) is 3.05. The van der Waals surface area contributed by atoms with Gasteiger partial charge in [-0.3, -0.25) is 9.59 Å². The Bertz CT molecular complexity index is 1150. The fourth-order valence-corrected chi connectivity index (χ4v) is 3.42. The van der Waals surface area contributed by atoms with Crippen molar-refractivity contribution in [3.05, 3.63) is 51.6 Å². The van der Waals surface area contributed by atoms with E-state index in [9.17, 15) is 9.59 Å². The molecular weight excluding hydrogens is 422 g/mol. The molecule has 0 atom stereocenters. The highest BCUT2D eigenvalue weighted by Crippen LogP contribution is 2.37. The normalized spacial score (nSPS) is 10.7. The van der Waals surface area contributed by atoms with Crippen molar-refractivity contribution in [2.45, 2.75) is 13.8 Å². The van der Waals surface area contributed by atoms with Gasteiger partial charge in [0.25, 0.3) is 5.91 Å². The maximum absolute atomic E-state index is 13.2. The molecular formula is C23H24ClNO6. The van der Waals surface area contributed by atoms with E-state index in [2.05, 4.69) is 0 Å². The van der Waals surface area contributed by atoms with E-state index in [0.29, 0.717) is 40.8 Å². The Morgan fingerprint density at radius 2 is 1.74 bits per heavy atom.